The molecule has 1 heterocycles. The molecule has 35 heavy (non-hydrogen) atoms. The number of rotatable bonds is 8. The quantitative estimate of drug-likeness (QED) is 0.186. The molecule has 180 valence electrons. The zero-order valence-corrected chi connectivity index (χ0v) is 23.1. The molecule has 3 aromatic carbocycles. The number of carbonyl (C=O) groups excluding carboxylic acids is 2. The SMILES string of the molecule is CCOc1cc(/C=C2/SC(=O)N(Cc3ccc(I)cc3)C2=O)cc(Cl)c1OCc1ccc(Cl)cc1. The lowest BCUT2D eigenvalue weighted by Crippen LogP contribution is -2.27. The minimum atomic E-state index is -0.337. The molecule has 0 spiro atoms. The third-order valence-electron chi connectivity index (χ3n) is 5.05. The smallest absolute Gasteiger partial charge is 0.293 e. The fourth-order valence-corrected chi connectivity index (χ4v) is 4.97. The van der Waals surface area contributed by atoms with Crippen molar-refractivity contribution in [3.8, 4) is 11.5 Å². The van der Waals surface area contributed by atoms with E-state index in [1.165, 1.54) is 4.90 Å². The topological polar surface area (TPSA) is 55.8 Å². The van der Waals surface area contributed by atoms with E-state index in [1.54, 1.807) is 30.3 Å². The molecule has 1 saturated heterocycles. The number of benzene rings is 3. The summed E-state index contributed by atoms with van der Waals surface area (Å²) < 4.78 is 12.8. The molecule has 3 aromatic rings. The number of nitrogens with zero attached hydrogens (tertiary/aromatic N) is 1. The Labute approximate surface area is 231 Å². The van der Waals surface area contributed by atoms with Crippen LogP contribution < -0.4 is 9.47 Å². The van der Waals surface area contributed by atoms with E-state index in [0.717, 1.165) is 26.5 Å². The van der Waals surface area contributed by atoms with E-state index in [1.807, 2.05) is 43.3 Å². The molecule has 1 fully saturated rings. The summed E-state index contributed by atoms with van der Waals surface area (Å²) in [5.41, 5.74) is 2.45. The second-order valence-corrected chi connectivity index (χ2v) is 10.7. The van der Waals surface area contributed by atoms with Gasteiger partial charge in [0.2, 0.25) is 0 Å². The van der Waals surface area contributed by atoms with Crippen LogP contribution in [0.3, 0.4) is 0 Å². The lowest BCUT2D eigenvalue weighted by Gasteiger charge is -2.15. The maximum absolute atomic E-state index is 13.0. The molecule has 0 saturated carbocycles. The van der Waals surface area contributed by atoms with Gasteiger partial charge in [0.15, 0.2) is 11.5 Å². The lowest BCUT2D eigenvalue weighted by molar-refractivity contribution is -0.123. The van der Waals surface area contributed by atoms with Crippen LogP contribution in [0.1, 0.15) is 23.6 Å². The highest BCUT2D eigenvalue weighted by molar-refractivity contribution is 14.1. The summed E-state index contributed by atoms with van der Waals surface area (Å²) in [7, 11) is 0. The molecule has 0 aromatic heterocycles. The Hall–Kier alpha value is -2.20. The van der Waals surface area contributed by atoms with E-state index in [-0.39, 0.29) is 24.3 Å². The molecular weight excluding hydrogens is 620 g/mol. The van der Waals surface area contributed by atoms with Crippen molar-refractivity contribution < 1.29 is 19.1 Å². The van der Waals surface area contributed by atoms with E-state index in [9.17, 15) is 9.59 Å². The first-order chi connectivity index (χ1) is 16.8. The first-order valence-corrected chi connectivity index (χ1v) is 13.3. The molecule has 0 radical (unpaired) electrons. The highest BCUT2D eigenvalue weighted by Crippen LogP contribution is 2.40. The van der Waals surface area contributed by atoms with Crippen molar-refractivity contribution in [3.63, 3.8) is 0 Å². The van der Waals surface area contributed by atoms with Crippen LogP contribution in [0.15, 0.2) is 65.6 Å². The molecular formula is C26H20Cl2INO4S. The van der Waals surface area contributed by atoms with E-state index in [2.05, 4.69) is 22.6 Å². The normalized spacial score (nSPS) is 14.6. The second-order valence-electron chi connectivity index (χ2n) is 7.57. The molecule has 9 heteroatoms. The van der Waals surface area contributed by atoms with Gasteiger partial charge in [0.05, 0.1) is 23.1 Å². The number of imide groups is 1. The monoisotopic (exact) mass is 639 g/mol. The number of carbonyl (C=O) groups is 2. The van der Waals surface area contributed by atoms with Gasteiger partial charge in [0, 0.05) is 8.59 Å². The van der Waals surface area contributed by atoms with Crippen LogP contribution in [0, 0.1) is 3.57 Å². The summed E-state index contributed by atoms with van der Waals surface area (Å²) >= 11 is 15.6. The molecule has 1 aliphatic rings. The number of hydrogen-bond acceptors (Lipinski definition) is 5. The van der Waals surface area contributed by atoms with Gasteiger partial charge in [0.25, 0.3) is 11.1 Å². The van der Waals surface area contributed by atoms with Crippen molar-refractivity contribution in [2.75, 3.05) is 6.61 Å². The number of thioether (sulfide) groups is 1. The summed E-state index contributed by atoms with van der Waals surface area (Å²) in [5, 5.41) is 0.683. The van der Waals surface area contributed by atoms with Crippen molar-refractivity contribution in [1.29, 1.82) is 0 Å². The van der Waals surface area contributed by atoms with E-state index >= 15 is 0 Å². The predicted octanol–water partition coefficient (Wildman–Crippen LogP) is 7.81. The first kappa shape index (κ1) is 25.9. The minimum absolute atomic E-state index is 0.224. The molecule has 1 aliphatic heterocycles. The third-order valence-corrected chi connectivity index (χ3v) is 7.21. The molecule has 2 amide bonds. The second kappa shape index (κ2) is 11.7. The van der Waals surface area contributed by atoms with Crippen LogP contribution in [-0.4, -0.2) is 22.7 Å². The van der Waals surface area contributed by atoms with Gasteiger partial charge < -0.3 is 9.47 Å². The van der Waals surface area contributed by atoms with Gasteiger partial charge in [-0.1, -0.05) is 47.5 Å². The van der Waals surface area contributed by atoms with Crippen LogP contribution in [0.25, 0.3) is 6.08 Å². The highest BCUT2D eigenvalue weighted by atomic mass is 127. The Morgan fingerprint density at radius 1 is 0.971 bits per heavy atom. The Kier molecular flexibility index (Phi) is 8.64. The number of halogens is 3. The van der Waals surface area contributed by atoms with E-state index in [0.29, 0.717) is 38.6 Å². The standard InChI is InChI=1S/C26H20Cl2INO4S/c1-2-33-22-12-18(11-21(28)24(22)34-15-17-3-7-19(27)8-4-17)13-23-25(31)30(26(32)35-23)14-16-5-9-20(29)10-6-16/h3-13H,2,14-15H2,1H3/b23-13+. The molecule has 0 atom stereocenters. The van der Waals surface area contributed by atoms with Crippen molar-refractivity contribution in [2.24, 2.45) is 0 Å². The highest BCUT2D eigenvalue weighted by Gasteiger charge is 2.35. The van der Waals surface area contributed by atoms with E-state index in [4.69, 9.17) is 32.7 Å². The summed E-state index contributed by atoms with van der Waals surface area (Å²) in [4.78, 5) is 27.1. The largest absolute Gasteiger partial charge is 0.490 e. The lowest BCUT2D eigenvalue weighted by atomic mass is 10.1. The van der Waals surface area contributed by atoms with Gasteiger partial charge >= 0.3 is 0 Å². The zero-order chi connectivity index (χ0) is 24.9. The Bertz CT molecular complexity index is 1280. The predicted molar refractivity (Wildman–Crippen MR) is 149 cm³/mol. The van der Waals surface area contributed by atoms with Crippen molar-refractivity contribution in [3.05, 3.63) is 95.9 Å². The molecule has 0 bridgehead atoms. The zero-order valence-electron chi connectivity index (χ0n) is 18.6. The van der Waals surface area contributed by atoms with Crippen LogP contribution in [-0.2, 0) is 17.9 Å². The van der Waals surface area contributed by atoms with Crippen LogP contribution in [0.5, 0.6) is 11.5 Å². The summed E-state index contributed by atoms with van der Waals surface area (Å²) in [6.07, 6.45) is 1.65. The van der Waals surface area contributed by atoms with Gasteiger partial charge in [-0.3, -0.25) is 14.5 Å². The summed E-state index contributed by atoms with van der Waals surface area (Å²) in [5.74, 6) is 0.529. The fourth-order valence-electron chi connectivity index (χ4n) is 3.37. The average Bonchev–Trinajstić information content (AvgIpc) is 3.08. The Morgan fingerprint density at radius 3 is 2.34 bits per heavy atom. The van der Waals surface area contributed by atoms with Gasteiger partial charge in [-0.25, -0.2) is 0 Å². The molecule has 4 rings (SSSR count). The van der Waals surface area contributed by atoms with Crippen molar-refractivity contribution >= 4 is 74.8 Å². The van der Waals surface area contributed by atoms with Crippen LogP contribution in [0.2, 0.25) is 10.0 Å². The summed E-state index contributed by atoms with van der Waals surface area (Å²) in [6, 6.07) is 18.5. The Balaban J connectivity index is 1.54. The first-order valence-electron chi connectivity index (χ1n) is 10.7. The number of amides is 2. The maximum Gasteiger partial charge on any atom is 0.293 e. The third kappa shape index (κ3) is 6.52. The summed E-state index contributed by atoms with van der Waals surface area (Å²) in [6.45, 7) is 2.78. The van der Waals surface area contributed by atoms with Gasteiger partial charge in [-0.15, -0.1) is 0 Å². The minimum Gasteiger partial charge on any atom is -0.490 e. The average molecular weight is 640 g/mol. The molecule has 0 N–H and O–H groups in total. The van der Waals surface area contributed by atoms with Gasteiger partial charge in [0.1, 0.15) is 6.61 Å². The number of hydrogen-bond donors (Lipinski definition) is 0. The molecule has 0 unspecified atom stereocenters. The fraction of sp³-hybridized carbons (Fsp3) is 0.154. The maximum atomic E-state index is 13.0. The van der Waals surface area contributed by atoms with Crippen LogP contribution >= 0.6 is 57.6 Å². The Morgan fingerprint density at radius 2 is 1.66 bits per heavy atom. The molecule has 0 aliphatic carbocycles. The van der Waals surface area contributed by atoms with Crippen LogP contribution in [0.4, 0.5) is 4.79 Å². The van der Waals surface area contributed by atoms with Crippen molar-refractivity contribution in [2.45, 2.75) is 20.1 Å². The van der Waals surface area contributed by atoms with Crippen molar-refractivity contribution in [1.82, 2.24) is 4.90 Å². The van der Waals surface area contributed by atoms with Gasteiger partial charge in [-0.2, -0.15) is 0 Å². The molecule has 5 nitrogen and oxygen atoms in total. The van der Waals surface area contributed by atoms with E-state index < -0.39 is 0 Å². The van der Waals surface area contributed by atoms with Gasteiger partial charge in [-0.05, 0) is 100 Å². The number of ether oxygens (including phenoxy) is 2.